The van der Waals surface area contributed by atoms with Gasteiger partial charge in [-0.25, -0.2) is 22.3 Å². The lowest BCUT2D eigenvalue weighted by Crippen LogP contribution is -2.35. The molecule has 0 aliphatic heterocycles. The van der Waals surface area contributed by atoms with Gasteiger partial charge in [0.2, 0.25) is 0 Å². The van der Waals surface area contributed by atoms with Crippen LogP contribution in [0.2, 0.25) is 0 Å². The van der Waals surface area contributed by atoms with Gasteiger partial charge in [-0.15, -0.1) is 0 Å². The first-order valence-corrected chi connectivity index (χ1v) is 5.19. The number of benzene rings is 1. The van der Waals surface area contributed by atoms with Crippen molar-refractivity contribution in [3.8, 4) is 0 Å². The van der Waals surface area contributed by atoms with E-state index in [1.165, 1.54) is 16.9 Å². The first-order chi connectivity index (χ1) is 6.84. The number of amides is 2. The Balaban J connectivity index is 3.33. The van der Waals surface area contributed by atoms with Gasteiger partial charge in [0.1, 0.15) is 10.7 Å². The van der Waals surface area contributed by atoms with Crippen molar-refractivity contribution in [1.82, 2.24) is 4.72 Å². The Morgan fingerprint density at radius 1 is 1.40 bits per heavy atom. The molecule has 1 aromatic carbocycles. The molecule has 0 aliphatic rings. The average Bonchev–Trinajstić information content (AvgIpc) is 1.99. The van der Waals surface area contributed by atoms with Crippen LogP contribution in [-0.2, 0) is 10.0 Å². The van der Waals surface area contributed by atoms with Gasteiger partial charge in [-0.05, 0) is 12.1 Å². The van der Waals surface area contributed by atoms with E-state index >= 15 is 0 Å². The number of hydrogen-bond acceptors (Lipinski definition) is 4. The summed E-state index contributed by atoms with van der Waals surface area (Å²) in [6.07, 6.45) is 0. The predicted octanol–water partition coefficient (Wildman–Crippen LogP) is -0.235. The van der Waals surface area contributed by atoms with Crippen LogP contribution in [0.1, 0.15) is 0 Å². The molecular weight excluding hydrogens is 225 g/mol. The van der Waals surface area contributed by atoms with E-state index in [-0.39, 0.29) is 5.69 Å². The van der Waals surface area contributed by atoms with Crippen LogP contribution in [0, 0.1) is 5.82 Å². The molecular formula is C7H8FN3O3S. The van der Waals surface area contributed by atoms with Gasteiger partial charge < -0.3 is 11.5 Å². The van der Waals surface area contributed by atoms with Gasteiger partial charge in [-0.3, -0.25) is 0 Å². The summed E-state index contributed by atoms with van der Waals surface area (Å²) in [5.41, 5.74) is 9.59. The molecule has 1 rings (SSSR count). The number of anilines is 1. The Morgan fingerprint density at radius 3 is 2.47 bits per heavy atom. The molecule has 0 unspecified atom stereocenters. The third kappa shape index (κ3) is 2.34. The van der Waals surface area contributed by atoms with E-state index in [1.54, 1.807) is 0 Å². The zero-order valence-electron chi connectivity index (χ0n) is 7.40. The molecule has 5 N–H and O–H groups in total. The summed E-state index contributed by atoms with van der Waals surface area (Å²) < 4.78 is 37.3. The monoisotopic (exact) mass is 233 g/mol. The number of nitrogen functional groups attached to an aromatic ring is 1. The van der Waals surface area contributed by atoms with E-state index < -0.39 is 26.8 Å². The number of urea groups is 1. The Kier molecular flexibility index (Phi) is 2.80. The summed E-state index contributed by atoms with van der Waals surface area (Å²) in [7, 11) is -4.35. The molecule has 8 heteroatoms. The van der Waals surface area contributed by atoms with Crippen molar-refractivity contribution in [2.45, 2.75) is 4.90 Å². The highest BCUT2D eigenvalue weighted by Crippen LogP contribution is 2.20. The number of carbonyl (C=O) groups is 1. The molecule has 1 aromatic rings. The van der Waals surface area contributed by atoms with Crippen LogP contribution in [0.25, 0.3) is 0 Å². The maximum absolute atomic E-state index is 13.1. The largest absolute Gasteiger partial charge is 0.398 e. The smallest absolute Gasteiger partial charge is 0.326 e. The van der Waals surface area contributed by atoms with Crippen molar-refractivity contribution in [3.63, 3.8) is 0 Å². The molecule has 6 nitrogen and oxygen atoms in total. The molecule has 2 amide bonds. The van der Waals surface area contributed by atoms with Gasteiger partial charge >= 0.3 is 6.03 Å². The molecule has 0 aliphatic carbocycles. The summed E-state index contributed by atoms with van der Waals surface area (Å²) in [4.78, 5) is 9.59. The first kappa shape index (κ1) is 11.2. The second-order valence-electron chi connectivity index (χ2n) is 2.63. The Hall–Kier alpha value is -1.83. The lowest BCUT2D eigenvalue weighted by atomic mass is 10.3. The van der Waals surface area contributed by atoms with E-state index in [1.807, 2.05) is 0 Å². The highest BCUT2D eigenvalue weighted by Gasteiger charge is 2.23. The summed E-state index contributed by atoms with van der Waals surface area (Å²) in [5.74, 6) is -1.05. The third-order valence-corrected chi connectivity index (χ3v) is 2.94. The van der Waals surface area contributed by atoms with Crippen LogP contribution in [0.5, 0.6) is 0 Å². The van der Waals surface area contributed by atoms with Crippen molar-refractivity contribution < 1.29 is 17.6 Å². The van der Waals surface area contributed by atoms with Crippen molar-refractivity contribution in [3.05, 3.63) is 24.0 Å². The van der Waals surface area contributed by atoms with Crippen LogP contribution in [0.3, 0.4) is 0 Å². The summed E-state index contributed by atoms with van der Waals surface area (Å²) in [6.45, 7) is 0. The fraction of sp³-hybridized carbons (Fsp3) is 0. The highest BCUT2D eigenvalue weighted by atomic mass is 32.2. The lowest BCUT2D eigenvalue weighted by Gasteiger charge is -2.07. The fourth-order valence-corrected chi connectivity index (χ4v) is 2.06. The van der Waals surface area contributed by atoms with E-state index in [0.717, 1.165) is 6.07 Å². The van der Waals surface area contributed by atoms with E-state index in [9.17, 15) is 17.6 Å². The molecule has 82 valence electrons. The Morgan fingerprint density at radius 2 is 2.00 bits per heavy atom. The minimum absolute atomic E-state index is 0.302. The number of carbonyl (C=O) groups excluding carboxylic acids is 1. The maximum atomic E-state index is 13.1. The zero-order valence-corrected chi connectivity index (χ0v) is 8.21. The van der Waals surface area contributed by atoms with E-state index in [2.05, 4.69) is 5.73 Å². The average molecular weight is 233 g/mol. The topological polar surface area (TPSA) is 115 Å². The standard InChI is InChI=1S/C7H8FN3O3S/c8-4-2-1-3-5(9)6(4)15(13,14)11-7(10)12/h1-3H,9H2,(H3,10,11,12). The van der Waals surface area contributed by atoms with Gasteiger partial charge in [0.15, 0.2) is 0 Å². The molecule has 0 fully saturated rings. The predicted molar refractivity (Wildman–Crippen MR) is 50.7 cm³/mol. The molecule has 0 bridgehead atoms. The zero-order chi connectivity index (χ0) is 11.6. The minimum Gasteiger partial charge on any atom is -0.398 e. The van der Waals surface area contributed by atoms with Gasteiger partial charge in [0.25, 0.3) is 10.0 Å². The Labute approximate surface area is 85.1 Å². The Bertz CT molecular complexity index is 480. The van der Waals surface area contributed by atoms with Crippen LogP contribution in [0.4, 0.5) is 14.9 Å². The molecule has 0 saturated heterocycles. The van der Waals surface area contributed by atoms with Crippen molar-refractivity contribution >= 4 is 21.7 Å². The second kappa shape index (κ2) is 3.73. The lowest BCUT2D eigenvalue weighted by molar-refractivity contribution is 0.253. The van der Waals surface area contributed by atoms with Gasteiger partial charge in [-0.1, -0.05) is 6.07 Å². The number of sulfonamides is 1. The summed E-state index contributed by atoms with van der Waals surface area (Å²) in [6, 6.07) is 2.04. The molecule has 0 heterocycles. The maximum Gasteiger partial charge on any atom is 0.326 e. The molecule has 15 heavy (non-hydrogen) atoms. The number of halogens is 1. The SMILES string of the molecule is NC(=O)NS(=O)(=O)c1c(N)cccc1F. The number of nitrogens with two attached hydrogens (primary N) is 2. The molecule has 0 atom stereocenters. The van der Waals surface area contributed by atoms with Gasteiger partial charge in [-0.2, -0.15) is 0 Å². The first-order valence-electron chi connectivity index (χ1n) is 3.71. The van der Waals surface area contributed by atoms with E-state index in [4.69, 9.17) is 5.73 Å². The second-order valence-corrected chi connectivity index (χ2v) is 4.25. The van der Waals surface area contributed by atoms with Crippen LogP contribution in [-0.4, -0.2) is 14.4 Å². The molecule has 0 spiro atoms. The van der Waals surface area contributed by atoms with E-state index in [0.29, 0.717) is 0 Å². The van der Waals surface area contributed by atoms with Crippen LogP contribution in [0.15, 0.2) is 23.1 Å². The quantitative estimate of drug-likeness (QED) is 0.611. The van der Waals surface area contributed by atoms with Crippen LogP contribution >= 0.6 is 0 Å². The highest BCUT2D eigenvalue weighted by molar-refractivity contribution is 7.90. The van der Waals surface area contributed by atoms with Gasteiger partial charge in [0.05, 0.1) is 5.69 Å². The number of rotatable bonds is 2. The minimum atomic E-state index is -4.35. The number of hydrogen-bond donors (Lipinski definition) is 3. The fourth-order valence-electron chi connectivity index (χ4n) is 0.992. The van der Waals surface area contributed by atoms with Gasteiger partial charge in [0, 0.05) is 0 Å². The molecule has 0 saturated carbocycles. The summed E-state index contributed by atoms with van der Waals surface area (Å²) >= 11 is 0. The normalized spacial score (nSPS) is 11.0. The van der Waals surface area contributed by atoms with Crippen LogP contribution < -0.4 is 16.2 Å². The number of nitrogens with one attached hydrogen (secondary N) is 1. The van der Waals surface area contributed by atoms with Crippen molar-refractivity contribution in [2.75, 3.05) is 5.73 Å². The molecule has 0 aromatic heterocycles. The van der Waals surface area contributed by atoms with Crippen molar-refractivity contribution in [1.29, 1.82) is 0 Å². The molecule has 0 radical (unpaired) electrons. The number of primary amides is 1. The van der Waals surface area contributed by atoms with Crippen molar-refractivity contribution in [2.24, 2.45) is 5.73 Å². The third-order valence-electron chi connectivity index (χ3n) is 1.50. The summed E-state index contributed by atoms with van der Waals surface area (Å²) in [5, 5.41) is 0.